The average molecular weight is 379 g/mol. The highest BCUT2D eigenvalue weighted by Gasteiger charge is 2.25. The first kappa shape index (κ1) is 14.0. The maximum atomic E-state index is 6.25. The van der Waals surface area contributed by atoms with Gasteiger partial charge in [-0.2, -0.15) is 21.0 Å². The molecule has 4 N–H and O–H groups in total. The summed E-state index contributed by atoms with van der Waals surface area (Å²) >= 11 is 5.21. The van der Waals surface area contributed by atoms with Crippen LogP contribution in [-0.4, -0.2) is 33.7 Å². The van der Waals surface area contributed by atoms with E-state index in [2.05, 4.69) is 37.4 Å². The summed E-state index contributed by atoms with van der Waals surface area (Å²) in [6.45, 7) is 1.69. The molecule has 114 valence electrons. The van der Waals surface area contributed by atoms with Crippen molar-refractivity contribution in [2.24, 2.45) is 5.73 Å². The average Bonchev–Trinajstić information content (AvgIpc) is 3.22. The molecule has 0 spiro atoms. The highest BCUT2D eigenvalue weighted by molar-refractivity contribution is 9.10. The third-order valence-electron chi connectivity index (χ3n) is 3.96. The van der Waals surface area contributed by atoms with Gasteiger partial charge in [-0.3, -0.25) is 0 Å². The lowest BCUT2D eigenvalue weighted by molar-refractivity contribution is 0.751. The summed E-state index contributed by atoms with van der Waals surface area (Å²) in [6, 6.07) is 2.25. The van der Waals surface area contributed by atoms with Gasteiger partial charge in [0.25, 0.3) is 0 Å². The predicted octanol–water partition coefficient (Wildman–Crippen LogP) is 2.34. The first-order valence-corrected chi connectivity index (χ1v) is 8.74. The Bertz CT molecular complexity index is 828. The van der Waals surface area contributed by atoms with Crippen molar-refractivity contribution in [2.45, 2.75) is 12.5 Å². The molecule has 0 bridgehead atoms. The third kappa shape index (κ3) is 2.10. The largest absolute Gasteiger partial charge is 0.383 e. The van der Waals surface area contributed by atoms with Crippen molar-refractivity contribution in [2.75, 3.05) is 23.7 Å². The maximum absolute atomic E-state index is 6.25. The normalized spacial score (nSPS) is 18.5. The van der Waals surface area contributed by atoms with Gasteiger partial charge in [-0.1, -0.05) is 0 Å². The Hall–Kier alpha value is -1.64. The Morgan fingerprint density at radius 2 is 2.27 bits per heavy atom. The van der Waals surface area contributed by atoms with Gasteiger partial charge < -0.3 is 16.4 Å². The van der Waals surface area contributed by atoms with Crippen molar-refractivity contribution in [1.82, 2.24) is 14.6 Å². The lowest BCUT2D eigenvalue weighted by Crippen LogP contribution is -2.27. The summed E-state index contributed by atoms with van der Waals surface area (Å²) in [5, 5.41) is 8.51. The van der Waals surface area contributed by atoms with Crippen LogP contribution in [0.3, 0.4) is 0 Å². The van der Waals surface area contributed by atoms with E-state index in [4.69, 9.17) is 16.5 Å². The number of aromatic nitrogens is 3. The summed E-state index contributed by atoms with van der Waals surface area (Å²) in [5.41, 5.74) is 15.1. The van der Waals surface area contributed by atoms with Crippen molar-refractivity contribution in [3.05, 3.63) is 27.5 Å². The van der Waals surface area contributed by atoms with E-state index in [1.54, 1.807) is 15.9 Å². The number of rotatable bonds is 2. The number of nitrogens with two attached hydrogens (primary N) is 2. The number of hydrogen-bond donors (Lipinski definition) is 2. The fourth-order valence-corrected chi connectivity index (χ4v) is 3.96. The third-order valence-corrected chi connectivity index (χ3v) is 5.41. The van der Waals surface area contributed by atoms with Crippen molar-refractivity contribution < 1.29 is 0 Å². The van der Waals surface area contributed by atoms with Gasteiger partial charge >= 0.3 is 0 Å². The van der Waals surface area contributed by atoms with E-state index < -0.39 is 0 Å². The Labute approximate surface area is 139 Å². The highest BCUT2D eigenvalue weighted by atomic mass is 79.9. The zero-order valence-corrected chi connectivity index (χ0v) is 14.1. The van der Waals surface area contributed by atoms with E-state index in [9.17, 15) is 0 Å². The second-order valence-electron chi connectivity index (χ2n) is 5.44. The predicted molar refractivity (Wildman–Crippen MR) is 93.2 cm³/mol. The molecule has 8 heteroatoms. The topological polar surface area (TPSA) is 85.5 Å². The van der Waals surface area contributed by atoms with Crippen molar-refractivity contribution in [1.29, 1.82) is 0 Å². The van der Waals surface area contributed by atoms with Crippen LogP contribution < -0.4 is 16.4 Å². The molecule has 4 rings (SSSR count). The van der Waals surface area contributed by atoms with Crippen LogP contribution in [0, 0.1) is 0 Å². The molecule has 22 heavy (non-hydrogen) atoms. The van der Waals surface area contributed by atoms with E-state index in [0.29, 0.717) is 5.82 Å². The lowest BCUT2D eigenvalue weighted by atomic mass is 10.2. The van der Waals surface area contributed by atoms with Crippen LogP contribution in [-0.2, 0) is 0 Å². The molecule has 0 radical (unpaired) electrons. The molecular weight excluding hydrogens is 364 g/mol. The minimum atomic E-state index is 0.187. The minimum Gasteiger partial charge on any atom is -0.383 e. The molecule has 4 heterocycles. The Balaban J connectivity index is 1.91. The Morgan fingerprint density at radius 3 is 2.95 bits per heavy atom. The Kier molecular flexibility index (Phi) is 3.32. The van der Waals surface area contributed by atoms with Gasteiger partial charge in [0.15, 0.2) is 5.65 Å². The maximum Gasteiger partial charge on any atom is 0.167 e. The molecular formula is C14H15BrN6S. The molecule has 3 aromatic rings. The zero-order valence-electron chi connectivity index (χ0n) is 11.7. The molecule has 1 aliphatic rings. The molecule has 1 atom stereocenters. The molecule has 0 aliphatic carbocycles. The van der Waals surface area contributed by atoms with E-state index in [0.717, 1.165) is 46.6 Å². The van der Waals surface area contributed by atoms with Crippen LogP contribution in [0.25, 0.3) is 16.8 Å². The number of thiophene rings is 1. The number of hydrogen-bond acceptors (Lipinski definition) is 6. The van der Waals surface area contributed by atoms with E-state index in [-0.39, 0.29) is 6.04 Å². The van der Waals surface area contributed by atoms with Gasteiger partial charge in [-0.15, -0.1) is 0 Å². The molecule has 3 aromatic heterocycles. The molecule has 1 unspecified atom stereocenters. The highest BCUT2D eigenvalue weighted by Crippen LogP contribution is 2.35. The molecule has 1 saturated heterocycles. The Morgan fingerprint density at radius 1 is 1.41 bits per heavy atom. The molecule has 1 fully saturated rings. The van der Waals surface area contributed by atoms with Gasteiger partial charge in [0.1, 0.15) is 16.1 Å². The van der Waals surface area contributed by atoms with E-state index in [1.807, 2.05) is 11.6 Å². The van der Waals surface area contributed by atoms with Crippen LogP contribution in [0.15, 0.2) is 27.5 Å². The standard InChI is InChI=1S/C14H15BrN6S/c15-11-12(17)21-13(10(5-18-21)8-2-4-22-7-8)19-14(11)20-3-1-9(16)6-20/h2,4-5,7,9H,1,3,6,16-17H2. The fourth-order valence-electron chi connectivity index (χ4n) is 2.79. The molecule has 0 amide bonds. The first-order chi connectivity index (χ1) is 10.6. The van der Waals surface area contributed by atoms with Crippen LogP contribution >= 0.6 is 27.3 Å². The fraction of sp³-hybridized carbons (Fsp3) is 0.286. The quantitative estimate of drug-likeness (QED) is 0.714. The van der Waals surface area contributed by atoms with Gasteiger partial charge in [0, 0.05) is 24.7 Å². The second kappa shape index (κ2) is 5.22. The number of nitrogens with zero attached hydrogens (tertiary/aromatic N) is 4. The van der Waals surface area contributed by atoms with E-state index >= 15 is 0 Å². The van der Waals surface area contributed by atoms with Crippen LogP contribution in [0.2, 0.25) is 0 Å². The summed E-state index contributed by atoms with van der Waals surface area (Å²) in [5.74, 6) is 1.40. The lowest BCUT2D eigenvalue weighted by Gasteiger charge is -2.19. The SMILES string of the molecule is Nc1c(Br)c(N2CCC(N)C2)nc2c(-c3ccsc3)cnn12. The number of halogens is 1. The van der Waals surface area contributed by atoms with Crippen LogP contribution in [0.4, 0.5) is 11.6 Å². The summed E-state index contributed by atoms with van der Waals surface area (Å²) in [7, 11) is 0. The van der Waals surface area contributed by atoms with Gasteiger partial charge in [-0.05, 0) is 44.7 Å². The summed E-state index contributed by atoms with van der Waals surface area (Å²) in [6.07, 6.45) is 2.78. The van der Waals surface area contributed by atoms with Crippen molar-refractivity contribution >= 4 is 44.5 Å². The second-order valence-corrected chi connectivity index (χ2v) is 7.01. The molecule has 1 aliphatic heterocycles. The van der Waals surface area contributed by atoms with Gasteiger partial charge in [-0.25, -0.2) is 4.98 Å². The summed E-state index contributed by atoms with van der Waals surface area (Å²) < 4.78 is 2.45. The monoisotopic (exact) mass is 378 g/mol. The van der Waals surface area contributed by atoms with Gasteiger partial charge in [0.2, 0.25) is 0 Å². The molecule has 0 aromatic carbocycles. The molecule has 6 nitrogen and oxygen atoms in total. The smallest absolute Gasteiger partial charge is 0.167 e. The van der Waals surface area contributed by atoms with Crippen LogP contribution in [0.1, 0.15) is 6.42 Å². The van der Waals surface area contributed by atoms with Gasteiger partial charge in [0.05, 0.1) is 6.20 Å². The minimum absolute atomic E-state index is 0.187. The first-order valence-electron chi connectivity index (χ1n) is 7.01. The van der Waals surface area contributed by atoms with E-state index in [1.165, 1.54) is 0 Å². The van der Waals surface area contributed by atoms with Crippen molar-refractivity contribution in [3.8, 4) is 11.1 Å². The zero-order chi connectivity index (χ0) is 15.3. The van der Waals surface area contributed by atoms with Crippen molar-refractivity contribution in [3.63, 3.8) is 0 Å². The number of fused-ring (bicyclic) bond motifs is 1. The molecule has 0 saturated carbocycles. The summed E-state index contributed by atoms with van der Waals surface area (Å²) in [4.78, 5) is 6.99. The number of nitrogen functional groups attached to an aromatic ring is 1. The number of anilines is 2. The van der Waals surface area contributed by atoms with Crippen LogP contribution in [0.5, 0.6) is 0 Å².